The summed E-state index contributed by atoms with van der Waals surface area (Å²) in [5.41, 5.74) is 6.08. The van der Waals surface area contributed by atoms with Gasteiger partial charge in [0.1, 0.15) is 5.82 Å². The molecule has 2 rings (SSSR count). The van der Waals surface area contributed by atoms with E-state index >= 15 is 0 Å². The number of thiazole rings is 1. The van der Waals surface area contributed by atoms with Crippen LogP contribution in [0.3, 0.4) is 0 Å². The van der Waals surface area contributed by atoms with E-state index in [4.69, 9.17) is 5.73 Å². The molecule has 0 atom stereocenters. The van der Waals surface area contributed by atoms with Crippen molar-refractivity contribution in [1.82, 2.24) is 4.98 Å². The van der Waals surface area contributed by atoms with E-state index in [1.54, 1.807) is 0 Å². The summed E-state index contributed by atoms with van der Waals surface area (Å²) in [5, 5.41) is -0.920. The van der Waals surface area contributed by atoms with Crippen molar-refractivity contribution in [2.75, 3.05) is 0 Å². The van der Waals surface area contributed by atoms with E-state index in [1.165, 1.54) is 18.2 Å². The largest absolute Gasteiger partial charge is 0.443 e. The Morgan fingerprint density at radius 3 is 2.56 bits per heavy atom. The molecular formula is C11H8F4N2S. The molecule has 7 heteroatoms. The van der Waals surface area contributed by atoms with Crippen LogP contribution in [0, 0.1) is 5.82 Å². The van der Waals surface area contributed by atoms with Crippen LogP contribution in [0.25, 0.3) is 10.4 Å². The lowest BCUT2D eigenvalue weighted by atomic mass is 10.1. The fraction of sp³-hybridized carbons (Fsp3) is 0.182. The number of hydrogen-bond donors (Lipinski definition) is 1. The molecule has 1 aromatic heterocycles. The summed E-state index contributed by atoms with van der Waals surface area (Å²) in [6.07, 6.45) is -3.33. The normalized spacial score (nSPS) is 11.8. The lowest BCUT2D eigenvalue weighted by Crippen LogP contribution is -2.02. The second-order valence-corrected chi connectivity index (χ2v) is 4.57. The van der Waals surface area contributed by atoms with Gasteiger partial charge in [0, 0.05) is 18.3 Å². The molecule has 18 heavy (non-hydrogen) atoms. The zero-order chi connectivity index (χ0) is 13.3. The number of halogens is 4. The van der Waals surface area contributed by atoms with Crippen LogP contribution in [0.5, 0.6) is 0 Å². The van der Waals surface area contributed by atoms with E-state index in [2.05, 4.69) is 4.98 Å². The molecule has 2 N–H and O–H groups in total. The van der Waals surface area contributed by atoms with E-state index in [0.29, 0.717) is 21.8 Å². The molecule has 0 saturated carbocycles. The Labute approximate surface area is 104 Å². The Bertz CT molecular complexity index is 562. The molecule has 0 fully saturated rings. The fourth-order valence-corrected chi connectivity index (χ4v) is 2.20. The first kappa shape index (κ1) is 13.0. The number of benzene rings is 1. The molecule has 0 aliphatic heterocycles. The van der Waals surface area contributed by atoms with Crippen molar-refractivity contribution in [2.45, 2.75) is 12.7 Å². The minimum absolute atomic E-state index is 0.00932. The van der Waals surface area contributed by atoms with Crippen LogP contribution < -0.4 is 5.73 Å². The van der Waals surface area contributed by atoms with Crippen LogP contribution >= 0.6 is 11.3 Å². The Balaban J connectivity index is 2.40. The van der Waals surface area contributed by atoms with Gasteiger partial charge in [-0.05, 0) is 17.7 Å². The SMILES string of the molecule is NCc1cc(-c2cnc(C(F)(F)F)s2)ccc1F. The number of rotatable bonds is 2. The highest BCUT2D eigenvalue weighted by Gasteiger charge is 2.34. The molecule has 96 valence electrons. The predicted molar refractivity (Wildman–Crippen MR) is 60.4 cm³/mol. The molecule has 2 aromatic rings. The summed E-state index contributed by atoms with van der Waals surface area (Å²) in [7, 11) is 0. The van der Waals surface area contributed by atoms with Gasteiger partial charge in [-0.15, -0.1) is 11.3 Å². The summed E-state index contributed by atoms with van der Waals surface area (Å²) in [4.78, 5) is 3.64. The van der Waals surface area contributed by atoms with Crippen molar-refractivity contribution < 1.29 is 17.6 Å². The lowest BCUT2D eigenvalue weighted by molar-refractivity contribution is -0.137. The van der Waals surface area contributed by atoms with Gasteiger partial charge in [0.25, 0.3) is 0 Å². The molecule has 2 nitrogen and oxygen atoms in total. The van der Waals surface area contributed by atoms with Gasteiger partial charge in [-0.2, -0.15) is 13.2 Å². The summed E-state index contributed by atoms with van der Waals surface area (Å²) >= 11 is 0.519. The van der Waals surface area contributed by atoms with Gasteiger partial charge in [-0.1, -0.05) is 6.07 Å². The summed E-state index contributed by atoms with van der Waals surface area (Å²) in [5.74, 6) is -0.471. The van der Waals surface area contributed by atoms with Crippen LogP contribution in [-0.4, -0.2) is 4.98 Å². The summed E-state index contributed by atoms with van der Waals surface area (Å²) in [6.45, 7) is -0.00932. The average Bonchev–Trinajstić information content (AvgIpc) is 2.78. The molecule has 0 amide bonds. The lowest BCUT2D eigenvalue weighted by Gasteiger charge is -2.03. The molecule has 0 aliphatic rings. The maximum atomic E-state index is 13.2. The van der Waals surface area contributed by atoms with E-state index < -0.39 is 17.0 Å². The third-order valence-corrected chi connectivity index (χ3v) is 3.39. The first-order chi connectivity index (χ1) is 8.41. The molecule has 0 unspecified atom stereocenters. The monoisotopic (exact) mass is 276 g/mol. The Kier molecular flexibility index (Phi) is 3.36. The first-order valence-electron chi connectivity index (χ1n) is 4.93. The minimum Gasteiger partial charge on any atom is -0.326 e. The summed E-state index contributed by atoms with van der Waals surface area (Å²) < 4.78 is 50.4. The molecule has 0 spiro atoms. The highest BCUT2D eigenvalue weighted by atomic mass is 32.1. The molecule has 1 heterocycles. The number of aromatic nitrogens is 1. The highest BCUT2D eigenvalue weighted by Crippen LogP contribution is 2.36. The second-order valence-electron chi connectivity index (χ2n) is 3.54. The number of nitrogens with zero attached hydrogens (tertiary/aromatic N) is 1. The van der Waals surface area contributed by atoms with Crippen LogP contribution in [-0.2, 0) is 12.7 Å². The molecule has 0 radical (unpaired) electrons. The van der Waals surface area contributed by atoms with Crippen molar-refractivity contribution >= 4 is 11.3 Å². The minimum atomic E-state index is -4.46. The topological polar surface area (TPSA) is 38.9 Å². The van der Waals surface area contributed by atoms with Crippen molar-refractivity contribution in [1.29, 1.82) is 0 Å². The first-order valence-corrected chi connectivity index (χ1v) is 5.75. The molecular weight excluding hydrogens is 268 g/mol. The zero-order valence-electron chi connectivity index (χ0n) is 8.96. The van der Waals surface area contributed by atoms with Gasteiger partial charge in [-0.3, -0.25) is 0 Å². The Hall–Kier alpha value is -1.47. The number of nitrogens with two attached hydrogens (primary N) is 1. The van der Waals surface area contributed by atoms with Crippen molar-refractivity contribution in [3.63, 3.8) is 0 Å². The average molecular weight is 276 g/mol. The van der Waals surface area contributed by atoms with E-state index in [9.17, 15) is 17.6 Å². The van der Waals surface area contributed by atoms with Gasteiger partial charge >= 0.3 is 6.18 Å². The second kappa shape index (κ2) is 4.66. The van der Waals surface area contributed by atoms with Crippen molar-refractivity contribution in [3.05, 3.63) is 40.8 Å². The third kappa shape index (κ3) is 2.51. The van der Waals surface area contributed by atoms with Crippen LogP contribution in [0.4, 0.5) is 17.6 Å². The van der Waals surface area contributed by atoms with Gasteiger partial charge in [0.15, 0.2) is 5.01 Å². The van der Waals surface area contributed by atoms with Crippen molar-refractivity contribution in [3.8, 4) is 10.4 Å². The van der Waals surface area contributed by atoms with E-state index in [0.717, 1.165) is 6.20 Å². The maximum absolute atomic E-state index is 13.2. The van der Waals surface area contributed by atoms with Crippen LogP contribution in [0.1, 0.15) is 10.6 Å². The Morgan fingerprint density at radius 1 is 1.28 bits per heavy atom. The van der Waals surface area contributed by atoms with Gasteiger partial charge in [-0.25, -0.2) is 9.37 Å². The van der Waals surface area contributed by atoms with Gasteiger partial charge < -0.3 is 5.73 Å². The molecule has 0 aliphatic carbocycles. The highest BCUT2D eigenvalue weighted by molar-refractivity contribution is 7.15. The standard InChI is InChI=1S/C11H8F4N2S/c12-8-2-1-6(3-7(8)4-16)9-5-17-10(18-9)11(13,14)15/h1-3,5H,4,16H2. The quantitative estimate of drug-likeness (QED) is 0.853. The Morgan fingerprint density at radius 2 is 2.00 bits per heavy atom. The third-order valence-electron chi connectivity index (χ3n) is 2.30. The molecule has 1 aromatic carbocycles. The van der Waals surface area contributed by atoms with Gasteiger partial charge in [0.05, 0.1) is 4.88 Å². The smallest absolute Gasteiger partial charge is 0.326 e. The molecule has 0 saturated heterocycles. The maximum Gasteiger partial charge on any atom is 0.443 e. The number of hydrogen-bond acceptors (Lipinski definition) is 3. The predicted octanol–water partition coefficient (Wildman–Crippen LogP) is 3.43. The zero-order valence-corrected chi connectivity index (χ0v) is 9.78. The van der Waals surface area contributed by atoms with E-state index in [-0.39, 0.29) is 12.1 Å². The molecule has 0 bridgehead atoms. The number of alkyl halides is 3. The summed E-state index contributed by atoms with van der Waals surface area (Å²) in [6, 6.07) is 4.02. The van der Waals surface area contributed by atoms with Crippen molar-refractivity contribution in [2.24, 2.45) is 5.73 Å². The fourth-order valence-electron chi connectivity index (χ4n) is 1.42. The van der Waals surface area contributed by atoms with Gasteiger partial charge in [0.2, 0.25) is 0 Å². The van der Waals surface area contributed by atoms with Crippen LogP contribution in [0.15, 0.2) is 24.4 Å². The van der Waals surface area contributed by atoms with E-state index in [1.807, 2.05) is 0 Å². The van der Waals surface area contributed by atoms with Crippen LogP contribution in [0.2, 0.25) is 0 Å².